The second kappa shape index (κ2) is 4.43. The van der Waals surface area contributed by atoms with Gasteiger partial charge in [-0.2, -0.15) is 0 Å². The number of hydrogen-bond acceptors (Lipinski definition) is 2. The second-order valence-electron chi connectivity index (χ2n) is 3.84. The van der Waals surface area contributed by atoms with Gasteiger partial charge in [-0.3, -0.25) is 0 Å². The monoisotopic (exact) mass is 262 g/mol. The molecule has 0 saturated carbocycles. The minimum absolute atomic E-state index is 0.813. The van der Waals surface area contributed by atoms with E-state index in [9.17, 15) is 0 Å². The van der Waals surface area contributed by atoms with Crippen LogP contribution in [0.4, 0.5) is 5.69 Å². The van der Waals surface area contributed by atoms with E-state index in [-0.39, 0.29) is 0 Å². The summed E-state index contributed by atoms with van der Waals surface area (Å²) in [4.78, 5) is 4.42. The zero-order valence-corrected chi connectivity index (χ0v) is 10.6. The number of nitrogens with one attached hydrogen (secondary N) is 2. The number of rotatable bonds is 3. The molecule has 0 aliphatic carbocycles. The lowest BCUT2D eigenvalue weighted by molar-refractivity contribution is 1.20. The van der Waals surface area contributed by atoms with Gasteiger partial charge < -0.3 is 10.3 Å². The smallest absolute Gasteiger partial charge is 0.0931 e. The molecule has 3 aromatic rings. The molecular weight excluding hydrogens is 252 g/mol. The van der Waals surface area contributed by atoms with Crippen LogP contribution in [0.25, 0.3) is 10.9 Å². The molecule has 0 aliphatic heterocycles. The highest BCUT2D eigenvalue weighted by Gasteiger charge is 1.99. The Hall–Kier alpha value is -1.45. The zero-order chi connectivity index (χ0) is 11.7. The van der Waals surface area contributed by atoms with Gasteiger partial charge in [-0.15, -0.1) is 11.3 Å². The van der Waals surface area contributed by atoms with Crippen molar-refractivity contribution in [3.05, 3.63) is 51.8 Å². The summed E-state index contributed by atoms with van der Waals surface area (Å²) in [7, 11) is 0. The van der Waals surface area contributed by atoms with Gasteiger partial charge in [0.05, 0.1) is 4.34 Å². The maximum absolute atomic E-state index is 5.89. The van der Waals surface area contributed by atoms with Gasteiger partial charge in [-0.25, -0.2) is 0 Å². The fraction of sp³-hybridized carbons (Fsp3) is 0.0769. The number of thiophene rings is 1. The van der Waals surface area contributed by atoms with Gasteiger partial charge >= 0.3 is 0 Å². The van der Waals surface area contributed by atoms with Crippen LogP contribution >= 0.6 is 22.9 Å². The van der Waals surface area contributed by atoms with E-state index in [0.29, 0.717) is 0 Å². The Morgan fingerprint density at radius 3 is 2.94 bits per heavy atom. The van der Waals surface area contributed by atoms with Crippen molar-refractivity contribution in [2.75, 3.05) is 5.32 Å². The molecule has 2 N–H and O–H groups in total. The van der Waals surface area contributed by atoms with Crippen LogP contribution in [0.15, 0.2) is 42.6 Å². The molecule has 86 valence electrons. The van der Waals surface area contributed by atoms with Crippen molar-refractivity contribution in [3.63, 3.8) is 0 Å². The van der Waals surface area contributed by atoms with Crippen LogP contribution in [0.1, 0.15) is 4.88 Å². The molecule has 0 saturated heterocycles. The normalized spacial score (nSPS) is 10.9. The maximum atomic E-state index is 5.89. The first-order valence-corrected chi connectivity index (χ1v) is 6.56. The number of H-pyrrole nitrogens is 1. The lowest BCUT2D eigenvalue weighted by Gasteiger charge is -2.04. The van der Waals surface area contributed by atoms with E-state index in [1.807, 2.05) is 12.3 Å². The summed E-state index contributed by atoms with van der Waals surface area (Å²) in [5, 5.41) is 4.62. The molecule has 0 amide bonds. The summed E-state index contributed by atoms with van der Waals surface area (Å²) in [6, 6.07) is 12.4. The number of anilines is 1. The van der Waals surface area contributed by atoms with Crippen LogP contribution in [0.2, 0.25) is 4.34 Å². The molecule has 2 nitrogen and oxygen atoms in total. The molecule has 0 fully saturated rings. The topological polar surface area (TPSA) is 27.8 Å². The van der Waals surface area contributed by atoms with E-state index >= 15 is 0 Å². The molecule has 4 heteroatoms. The fourth-order valence-electron chi connectivity index (χ4n) is 1.80. The second-order valence-corrected chi connectivity index (χ2v) is 5.64. The fourth-order valence-corrected chi connectivity index (χ4v) is 2.83. The summed E-state index contributed by atoms with van der Waals surface area (Å²) < 4.78 is 0.836. The largest absolute Gasteiger partial charge is 0.380 e. The average molecular weight is 263 g/mol. The van der Waals surface area contributed by atoms with Crippen LogP contribution < -0.4 is 5.32 Å². The van der Waals surface area contributed by atoms with E-state index in [4.69, 9.17) is 11.6 Å². The predicted octanol–water partition coefficient (Wildman–Crippen LogP) is 4.49. The first kappa shape index (κ1) is 10.7. The Bertz CT molecular complexity index is 641. The van der Waals surface area contributed by atoms with E-state index in [1.54, 1.807) is 11.3 Å². The minimum atomic E-state index is 0.813. The molecule has 0 aliphatic rings. The Balaban J connectivity index is 1.76. The lowest BCUT2D eigenvalue weighted by Crippen LogP contribution is -1.96. The molecule has 17 heavy (non-hydrogen) atoms. The average Bonchev–Trinajstić information content (AvgIpc) is 2.94. The lowest BCUT2D eigenvalue weighted by atomic mass is 10.2. The van der Waals surface area contributed by atoms with Crippen molar-refractivity contribution in [3.8, 4) is 0 Å². The molecule has 2 heterocycles. The first-order chi connectivity index (χ1) is 8.31. The number of aromatic nitrogens is 1. The number of halogens is 1. The SMILES string of the molecule is Clc1ccc(CNc2ccc3[nH]ccc3c2)s1. The van der Waals surface area contributed by atoms with Gasteiger partial charge in [0.25, 0.3) is 0 Å². The van der Waals surface area contributed by atoms with Gasteiger partial charge in [-0.05, 0) is 36.4 Å². The zero-order valence-electron chi connectivity index (χ0n) is 9.03. The Kier molecular flexibility index (Phi) is 2.79. The van der Waals surface area contributed by atoms with Gasteiger partial charge in [0.2, 0.25) is 0 Å². The van der Waals surface area contributed by atoms with Crippen molar-refractivity contribution >= 4 is 39.5 Å². The number of hydrogen-bond donors (Lipinski definition) is 2. The summed E-state index contributed by atoms with van der Waals surface area (Å²) in [5.74, 6) is 0. The number of benzene rings is 1. The molecule has 0 atom stereocenters. The van der Waals surface area contributed by atoms with Crippen molar-refractivity contribution in [2.45, 2.75) is 6.54 Å². The highest BCUT2D eigenvalue weighted by atomic mass is 35.5. The summed E-state index contributed by atoms with van der Waals surface area (Å²) in [6.07, 6.45) is 1.95. The molecule has 0 radical (unpaired) electrons. The van der Waals surface area contributed by atoms with Crippen LogP contribution in [-0.4, -0.2) is 4.98 Å². The van der Waals surface area contributed by atoms with Crippen molar-refractivity contribution in [1.29, 1.82) is 0 Å². The molecule has 2 aromatic heterocycles. The van der Waals surface area contributed by atoms with Crippen LogP contribution in [-0.2, 0) is 6.54 Å². The quantitative estimate of drug-likeness (QED) is 0.715. The predicted molar refractivity (Wildman–Crippen MR) is 75.0 cm³/mol. The Morgan fingerprint density at radius 1 is 1.18 bits per heavy atom. The van der Waals surface area contributed by atoms with Gasteiger partial charge in [0.1, 0.15) is 0 Å². The summed E-state index contributed by atoms with van der Waals surface area (Å²) in [6.45, 7) is 0.813. The third-order valence-corrected chi connectivity index (χ3v) is 3.88. The number of aromatic amines is 1. The van der Waals surface area contributed by atoms with Gasteiger partial charge in [-0.1, -0.05) is 11.6 Å². The third kappa shape index (κ3) is 2.30. The van der Waals surface area contributed by atoms with Crippen molar-refractivity contribution in [1.82, 2.24) is 4.98 Å². The van der Waals surface area contributed by atoms with Crippen LogP contribution in [0, 0.1) is 0 Å². The highest BCUT2D eigenvalue weighted by molar-refractivity contribution is 7.16. The Morgan fingerprint density at radius 2 is 2.12 bits per heavy atom. The van der Waals surface area contributed by atoms with Crippen molar-refractivity contribution < 1.29 is 0 Å². The van der Waals surface area contributed by atoms with Gasteiger partial charge in [0.15, 0.2) is 0 Å². The summed E-state index contributed by atoms with van der Waals surface area (Å²) >= 11 is 7.50. The molecular formula is C13H11ClN2S. The van der Waals surface area contributed by atoms with Crippen molar-refractivity contribution in [2.24, 2.45) is 0 Å². The molecule has 0 bridgehead atoms. The van der Waals surface area contributed by atoms with Crippen LogP contribution in [0.3, 0.4) is 0 Å². The Labute approximate surface area is 108 Å². The molecule has 0 unspecified atom stereocenters. The molecule has 3 rings (SSSR count). The highest BCUT2D eigenvalue weighted by Crippen LogP contribution is 2.23. The van der Waals surface area contributed by atoms with E-state index in [1.165, 1.54) is 10.3 Å². The minimum Gasteiger partial charge on any atom is -0.380 e. The van der Waals surface area contributed by atoms with E-state index in [0.717, 1.165) is 22.1 Å². The molecule has 1 aromatic carbocycles. The number of fused-ring (bicyclic) bond motifs is 1. The summed E-state index contributed by atoms with van der Waals surface area (Å²) in [5.41, 5.74) is 2.29. The van der Waals surface area contributed by atoms with E-state index < -0.39 is 0 Å². The first-order valence-electron chi connectivity index (χ1n) is 5.36. The van der Waals surface area contributed by atoms with E-state index in [2.05, 4.69) is 40.6 Å². The standard InChI is InChI=1S/C13H11ClN2S/c14-13-4-2-11(17-13)8-16-10-1-3-12-9(7-10)5-6-15-12/h1-7,15-16H,8H2. The molecule has 0 spiro atoms. The maximum Gasteiger partial charge on any atom is 0.0931 e. The van der Waals surface area contributed by atoms with Gasteiger partial charge in [0, 0.05) is 34.2 Å². The van der Waals surface area contributed by atoms with Crippen LogP contribution in [0.5, 0.6) is 0 Å². The third-order valence-electron chi connectivity index (χ3n) is 2.65.